The lowest BCUT2D eigenvalue weighted by Crippen LogP contribution is -2.12. The van der Waals surface area contributed by atoms with E-state index < -0.39 is 0 Å². The largest absolute Gasteiger partial charge is 0.355 e. The van der Waals surface area contributed by atoms with Crippen LogP contribution in [0.25, 0.3) is 16.5 Å². The lowest BCUT2D eigenvalue weighted by Gasteiger charge is -2.08. The highest BCUT2D eigenvalue weighted by atomic mass is 32.1. The van der Waals surface area contributed by atoms with Crippen molar-refractivity contribution < 1.29 is 9.32 Å². The first-order valence-electron chi connectivity index (χ1n) is 9.26. The maximum absolute atomic E-state index is 12.5. The van der Waals surface area contributed by atoms with Crippen LogP contribution in [-0.2, 0) is 0 Å². The lowest BCUT2D eigenvalue weighted by molar-refractivity contribution is 0.101. The third-order valence-electron chi connectivity index (χ3n) is 4.31. The van der Waals surface area contributed by atoms with Gasteiger partial charge in [0.05, 0.1) is 4.88 Å². The zero-order valence-corrected chi connectivity index (χ0v) is 16.8. The van der Waals surface area contributed by atoms with Crippen molar-refractivity contribution in [3.63, 3.8) is 0 Å². The molecule has 0 bridgehead atoms. The summed E-state index contributed by atoms with van der Waals surface area (Å²) in [6.07, 6.45) is 4.96. The van der Waals surface area contributed by atoms with Gasteiger partial charge in [0.25, 0.3) is 5.91 Å². The first-order valence-corrected chi connectivity index (χ1v) is 10.1. The van der Waals surface area contributed by atoms with Crippen LogP contribution >= 0.6 is 11.3 Å². The summed E-state index contributed by atoms with van der Waals surface area (Å²) in [5.41, 5.74) is 1.67. The molecule has 4 aromatic heterocycles. The van der Waals surface area contributed by atoms with Crippen LogP contribution in [0.2, 0.25) is 0 Å². The Morgan fingerprint density at radius 2 is 1.90 bits per heavy atom. The van der Waals surface area contributed by atoms with Crippen LogP contribution in [0.4, 0.5) is 17.2 Å². The summed E-state index contributed by atoms with van der Waals surface area (Å²) in [4.78, 5) is 21.8. The Morgan fingerprint density at radius 3 is 2.68 bits per heavy atom. The summed E-state index contributed by atoms with van der Waals surface area (Å²) in [6.45, 7) is 0. The minimum absolute atomic E-state index is 0.220. The van der Waals surface area contributed by atoms with Crippen LogP contribution in [0, 0.1) is 0 Å². The van der Waals surface area contributed by atoms with Gasteiger partial charge < -0.3 is 15.2 Å². The quantitative estimate of drug-likeness (QED) is 0.412. The summed E-state index contributed by atoms with van der Waals surface area (Å²) < 4.78 is 6.91. The van der Waals surface area contributed by atoms with Crippen LogP contribution in [0.1, 0.15) is 10.5 Å². The van der Waals surface area contributed by atoms with Crippen molar-refractivity contribution in [1.82, 2.24) is 24.9 Å². The van der Waals surface area contributed by atoms with Gasteiger partial charge >= 0.3 is 0 Å². The SMILES string of the molecule is O=C(Nc1ccc(Nc2cc(-n3cccn3)ncn2)cc1)c1cc(-c2cccs2)on1. The molecule has 0 spiro atoms. The van der Waals surface area contributed by atoms with E-state index in [1.54, 1.807) is 35.1 Å². The van der Waals surface area contributed by atoms with Crippen LogP contribution < -0.4 is 10.6 Å². The van der Waals surface area contributed by atoms with Crippen molar-refractivity contribution in [2.75, 3.05) is 10.6 Å². The molecule has 152 valence electrons. The molecule has 10 heteroatoms. The van der Waals surface area contributed by atoms with Crippen molar-refractivity contribution >= 4 is 34.4 Å². The van der Waals surface area contributed by atoms with Gasteiger partial charge in [0.15, 0.2) is 17.3 Å². The Bertz CT molecular complexity index is 1300. The predicted molar refractivity (Wildman–Crippen MR) is 117 cm³/mol. The molecule has 1 amide bonds. The number of rotatable bonds is 6. The Balaban J connectivity index is 1.24. The smallest absolute Gasteiger partial charge is 0.277 e. The van der Waals surface area contributed by atoms with Gasteiger partial charge in [-0.05, 0) is 41.8 Å². The molecule has 0 saturated heterocycles. The molecule has 0 fully saturated rings. The molecule has 0 aliphatic heterocycles. The normalized spacial score (nSPS) is 10.7. The third kappa shape index (κ3) is 4.19. The Morgan fingerprint density at radius 1 is 1.03 bits per heavy atom. The van der Waals surface area contributed by atoms with E-state index in [-0.39, 0.29) is 11.6 Å². The fourth-order valence-corrected chi connectivity index (χ4v) is 3.52. The second-order valence-electron chi connectivity index (χ2n) is 6.42. The fourth-order valence-electron chi connectivity index (χ4n) is 2.84. The molecular formula is C21H15N7O2S. The summed E-state index contributed by atoms with van der Waals surface area (Å²) in [5, 5.41) is 16.0. The van der Waals surface area contributed by atoms with E-state index in [1.165, 1.54) is 17.7 Å². The molecule has 0 radical (unpaired) electrons. The van der Waals surface area contributed by atoms with E-state index in [1.807, 2.05) is 41.9 Å². The minimum Gasteiger partial charge on any atom is -0.355 e. The van der Waals surface area contributed by atoms with Gasteiger partial charge in [-0.25, -0.2) is 14.6 Å². The Labute approximate surface area is 180 Å². The first kappa shape index (κ1) is 18.7. The maximum Gasteiger partial charge on any atom is 0.277 e. The van der Waals surface area contributed by atoms with Crippen LogP contribution in [0.5, 0.6) is 0 Å². The molecule has 9 nitrogen and oxygen atoms in total. The van der Waals surface area contributed by atoms with Crippen molar-refractivity contribution in [2.45, 2.75) is 0 Å². The van der Waals surface area contributed by atoms with E-state index in [4.69, 9.17) is 4.52 Å². The molecule has 5 aromatic rings. The van der Waals surface area contributed by atoms with E-state index in [2.05, 4.69) is 30.9 Å². The average Bonchev–Trinajstić information content (AvgIpc) is 3.57. The average molecular weight is 429 g/mol. The molecule has 0 saturated carbocycles. The number of thiophene rings is 1. The maximum atomic E-state index is 12.5. The Hall–Kier alpha value is -4.31. The second-order valence-corrected chi connectivity index (χ2v) is 7.37. The van der Waals surface area contributed by atoms with E-state index >= 15 is 0 Å². The highest BCUT2D eigenvalue weighted by Gasteiger charge is 2.14. The molecule has 31 heavy (non-hydrogen) atoms. The summed E-state index contributed by atoms with van der Waals surface area (Å²) in [6, 6.07) is 16.3. The molecule has 0 aliphatic rings. The zero-order chi connectivity index (χ0) is 21.0. The number of anilines is 3. The van der Waals surface area contributed by atoms with Crippen molar-refractivity contribution in [3.8, 4) is 16.5 Å². The van der Waals surface area contributed by atoms with Gasteiger partial charge in [-0.2, -0.15) is 5.10 Å². The van der Waals surface area contributed by atoms with Gasteiger partial charge in [-0.3, -0.25) is 4.79 Å². The van der Waals surface area contributed by atoms with Gasteiger partial charge in [0.1, 0.15) is 12.1 Å². The highest BCUT2D eigenvalue weighted by Crippen LogP contribution is 2.25. The number of carbonyl (C=O) groups is 1. The van der Waals surface area contributed by atoms with Crippen LogP contribution in [-0.4, -0.2) is 30.8 Å². The molecular weight excluding hydrogens is 414 g/mol. The first-order chi connectivity index (χ1) is 15.2. The fraction of sp³-hybridized carbons (Fsp3) is 0. The molecule has 4 heterocycles. The standard InChI is InChI=1S/C21H15N7O2S/c29-21(16-11-17(30-27-16)18-3-1-10-31-18)26-15-6-4-14(5-7-15)25-19-12-20(23-13-22-19)28-9-2-8-24-28/h1-13H,(H,26,29)(H,22,23,25). The van der Waals surface area contributed by atoms with Crippen molar-refractivity contribution in [3.05, 3.63) is 84.4 Å². The molecule has 0 unspecified atom stereocenters. The molecule has 5 rings (SSSR count). The molecule has 0 atom stereocenters. The van der Waals surface area contributed by atoms with E-state index in [0.29, 0.717) is 23.1 Å². The molecule has 1 aromatic carbocycles. The number of aromatic nitrogens is 5. The van der Waals surface area contributed by atoms with Gasteiger partial charge in [-0.1, -0.05) is 11.2 Å². The van der Waals surface area contributed by atoms with E-state index in [0.717, 1.165) is 10.6 Å². The van der Waals surface area contributed by atoms with Gasteiger partial charge in [-0.15, -0.1) is 11.3 Å². The Kier molecular flexibility index (Phi) is 4.95. The lowest BCUT2D eigenvalue weighted by atomic mass is 10.2. The number of nitrogens with zero attached hydrogens (tertiary/aromatic N) is 5. The zero-order valence-electron chi connectivity index (χ0n) is 16.0. The molecule has 0 aliphatic carbocycles. The van der Waals surface area contributed by atoms with Crippen LogP contribution in [0.3, 0.4) is 0 Å². The predicted octanol–water partition coefficient (Wildman–Crippen LogP) is 4.37. The number of benzene rings is 1. The number of amides is 1. The number of carbonyl (C=O) groups excluding carboxylic acids is 1. The van der Waals surface area contributed by atoms with Gasteiger partial charge in [0.2, 0.25) is 0 Å². The van der Waals surface area contributed by atoms with Crippen molar-refractivity contribution in [1.29, 1.82) is 0 Å². The van der Waals surface area contributed by atoms with E-state index in [9.17, 15) is 4.79 Å². The number of hydrogen-bond donors (Lipinski definition) is 2. The van der Waals surface area contributed by atoms with Crippen molar-refractivity contribution in [2.24, 2.45) is 0 Å². The third-order valence-corrected chi connectivity index (χ3v) is 5.20. The minimum atomic E-state index is -0.341. The second kappa shape index (κ2) is 8.20. The summed E-state index contributed by atoms with van der Waals surface area (Å²) >= 11 is 1.52. The number of nitrogens with one attached hydrogen (secondary N) is 2. The van der Waals surface area contributed by atoms with Gasteiger partial charge in [0, 0.05) is 35.9 Å². The topological polar surface area (TPSA) is 111 Å². The monoisotopic (exact) mass is 429 g/mol. The van der Waals surface area contributed by atoms with Crippen LogP contribution in [0.15, 0.2) is 83.2 Å². The highest BCUT2D eigenvalue weighted by molar-refractivity contribution is 7.13. The summed E-state index contributed by atoms with van der Waals surface area (Å²) in [5.74, 6) is 1.51. The number of hydrogen-bond acceptors (Lipinski definition) is 8. The molecule has 2 N–H and O–H groups in total. The summed E-state index contributed by atoms with van der Waals surface area (Å²) in [7, 11) is 0.